The zero-order valence-electron chi connectivity index (χ0n) is 15.1. The van der Waals surface area contributed by atoms with Crippen molar-refractivity contribution in [3.05, 3.63) is 47.3 Å². The minimum atomic E-state index is -4.43. The number of aromatic nitrogens is 2. The van der Waals surface area contributed by atoms with Crippen LogP contribution in [0.4, 0.5) is 13.2 Å². The first-order valence-corrected chi connectivity index (χ1v) is 8.94. The van der Waals surface area contributed by atoms with Crippen LogP contribution in [0.15, 0.2) is 30.5 Å². The fourth-order valence-corrected chi connectivity index (χ4v) is 2.71. The zero-order valence-corrected chi connectivity index (χ0v) is 15.1. The summed E-state index contributed by atoms with van der Waals surface area (Å²) in [6.07, 6.45) is 0.129. The van der Waals surface area contributed by atoms with Gasteiger partial charge in [0, 0.05) is 19.8 Å². The van der Waals surface area contributed by atoms with Crippen LogP contribution in [0, 0.1) is 12.8 Å². The van der Waals surface area contributed by atoms with Crippen LogP contribution in [0.3, 0.4) is 0 Å². The number of hydrogen-bond donors (Lipinski definition) is 1. The number of rotatable bonds is 8. The van der Waals surface area contributed by atoms with Crippen molar-refractivity contribution in [1.29, 1.82) is 0 Å². The maximum atomic E-state index is 12.9. The molecule has 2 aromatic rings. The molecule has 0 bridgehead atoms. The fourth-order valence-electron chi connectivity index (χ4n) is 2.71. The largest absolute Gasteiger partial charge is 0.416 e. The second-order valence-electron chi connectivity index (χ2n) is 6.73. The summed E-state index contributed by atoms with van der Waals surface area (Å²) in [5, 5.41) is 6.87. The molecule has 27 heavy (non-hydrogen) atoms. The molecule has 1 aliphatic carbocycles. The molecule has 0 atom stereocenters. The topological polar surface area (TPSA) is 56.1 Å². The van der Waals surface area contributed by atoms with E-state index in [2.05, 4.69) is 10.4 Å². The summed E-state index contributed by atoms with van der Waals surface area (Å²) in [7, 11) is 0. The second kappa shape index (κ2) is 8.12. The van der Waals surface area contributed by atoms with Gasteiger partial charge < -0.3 is 10.1 Å². The van der Waals surface area contributed by atoms with E-state index in [1.165, 1.54) is 35.9 Å². The molecule has 1 amide bonds. The van der Waals surface area contributed by atoms with Crippen molar-refractivity contribution in [3.63, 3.8) is 0 Å². The van der Waals surface area contributed by atoms with E-state index < -0.39 is 11.7 Å². The smallest absolute Gasteiger partial charge is 0.381 e. The molecule has 0 radical (unpaired) electrons. The summed E-state index contributed by atoms with van der Waals surface area (Å²) in [4.78, 5) is 12.3. The minimum absolute atomic E-state index is 0.259. The Morgan fingerprint density at radius 3 is 2.85 bits per heavy atom. The van der Waals surface area contributed by atoms with Crippen LogP contribution in [-0.4, -0.2) is 35.4 Å². The molecular formula is C19H22F3N3O2. The average molecular weight is 381 g/mol. The van der Waals surface area contributed by atoms with Crippen LogP contribution in [0.1, 0.15) is 40.9 Å². The summed E-state index contributed by atoms with van der Waals surface area (Å²) in [5.74, 6) is 0.414. The van der Waals surface area contributed by atoms with Gasteiger partial charge >= 0.3 is 6.18 Å². The van der Waals surface area contributed by atoms with E-state index in [9.17, 15) is 18.0 Å². The first-order chi connectivity index (χ1) is 12.9. The van der Waals surface area contributed by atoms with Crippen molar-refractivity contribution in [2.75, 3.05) is 19.8 Å². The lowest BCUT2D eigenvalue weighted by Crippen LogP contribution is -2.25. The number of halogens is 3. The van der Waals surface area contributed by atoms with Crippen molar-refractivity contribution in [1.82, 2.24) is 15.1 Å². The predicted octanol–water partition coefficient (Wildman–Crippen LogP) is 3.75. The minimum Gasteiger partial charge on any atom is -0.381 e. The molecule has 1 aromatic heterocycles. The standard InChI is InChI=1S/C19H22F3N3O2/c1-13-17(18(26)23-8-3-9-27-12-14-6-7-14)11-24-25(13)16-5-2-4-15(10-16)19(20,21)22/h2,4-5,10-11,14H,3,6-9,12H2,1H3,(H,23,26). The molecule has 3 rings (SSSR count). The van der Waals surface area contributed by atoms with Crippen LogP contribution in [0.2, 0.25) is 0 Å². The lowest BCUT2D eigenvalue weighted by Gasteiger charge is -2.10. The number of nitrogens with one attached hydrogen (secondary N) is 1. The summed E-state index contributed by atoms with van der Waals surface area (Å²) in [5.41, 5.74) is 0.324. The number of carbonyl (C=O) groups is 1. The van der Waals surface area contributed by atoms with E-state index in [1.54, 1.807) is 6.92 Å². The van der Waals surface area contributed by atoms with Crippen molar-refractivity contribution in [2.24, 2.45) is 5.92 Å². The number of hydrogen-bond acceptors (Lipinski definition) is 3. The zero-order chi connectivity index (χ0) is 19.4. The van der Waals surface area contributed by atoms with Gasteiger partial charge in [0.2, 0.25) is 0 Å². The van der Waals surface area contributed by atoms with Gasteiger partial charge in [0.1, 0.15) is 0 Å². The van der Waals surface area contributed by atoms with Gasteiger partial charge in [-0.15, -0.1) is 0 Å². The Hall–Kier alpha value is -2.35. The van der Waals surface area contributed by atoms with Crippen LogP contribution >= 0.6 is 0 Å². The summed E-state index contributed by atoms with van der Waals surface area (Å²) >= 11 is 0. The van der Waals surface area contributed by atoms with E-state index in [1.807, 2.05) is 0 Å². The number of amides is 1. The molecule has 1 N–H and O–H groups in total. The van der Waals surface area contributed by atoms with E-state index in [0.717, 1.165) is 18.7 Å². The number of benzene rings is 1. The van der Waals surface area contributed by atoms with Gasteiger partial charge in [-0.05, 0) is 50.3 Å². The quantitative estimate of drug-likeness (QED) is 0.709. The van der Waals surface area contributed by atoms with E-state index >= 15 is 0 Å². The van der Waals surface area contributed by atoms with Crippen LogP contribution < -0.4 is 5.32 Å². The van der Waals surface area contributed by atoms with Gasteiger partial charge in [-0.1, -0.05) is 6.07 Å². The highest BCUT2D eigenvalue weighted by Gasteiger charge is 2.30. The molecule has 5 nitrogen and oxygen atoms in total. The first-order valence-electron chi connectivity index (χ1n) is 8.94. The number of ether oxygens (including phenoxy) is 1. The molecule has 0 unspecified atom stereocenters. The molecule has 8 heteroatoms. The molecule has 0 saturated heterocycles. The molecular weight excluding hydrogens is 359 g/mol. The highest BCUT2D eigenvalue weighted by atomic mass is 19.4. The lowest BCUT2D eigenvalue weighted by molar-refractivity contribution is -0.137. The SMILES string of the molecule is Cc1c(C(=O)NCCCOCC2CC2)cnn1-c1cccc(C(F)(F)F)c1. The Morgan fingerprint density at radius 2 is 2.15 bits per heavy atom. The maximum absolute atomic E-state index is 12.9. The fraction of sp³-hybridized carbons (Fsp3) is 0.474. The highest BCUT2D eigenvalue weighted by Crippen LogP contribution is 2.30. The molecule has 1 heterocycles. The van der Waals surface area contributed by atoms with Crippen molar-refractivity contribution in [2.45, 2.75) is 32.4 Å². The van der Waals surface area contributed by atoms with Gasteiger partial charge in [0.15, 0.2) is 0 Å². The van der Waals surface area contributed by atoms with E-state index in [0.29, 0.717) is 36.7 Å². The number of nitrogens with zero attached hydrogens (tertiary/aromatic N) is 2. The second-order valence-corrected chi connectivity index (χ2v) is 6.73. The Morgan fingerprint density at radius 1 is 1.37 bits per heavy atom. The normalized spacial score (nSPS) is 14.4. The van der Waals surface area contributed by atoms with Crippen molar-refractivity contribution < 1.29 is 22.7 Å². The van der Waals surface area contributed by atoms with Crippen LogP contribution in [-0.2, 0) is 10.9 Å². The molecule has 1 aromatic carbocycles. The van der Waals surface area contributed by atoms with Gasteiger partial charge in [0.25, 0.3) is 5.91 Å². The predicted molar refractivity (Wildman–Crippen MR) is 93.8 cm³/mol. The Bertz CT molecular complexity index is 798. The highest BCUT2D eigenvalue weighted by molar-refractivity contribution is 5.95. The Balaban J connectivity index is 1.58. The van der Waals surface area contributed by atoms with E-state index in [-0.39, 0.29) is 11.6 Å². The third-order valence-electron chi connectivity index (χ3n) is 4.47. The van der Waals surface area contributed by atoms with Crippen molar-refractivity contribution in [3.8, 4) is 5.69 Å². The Labute approximate surface area is 155 Å². The van der Waals surface area contributed by atoms with Gasteiger partial charge in [-0.25, -0.2) is 4.68 Å². The Kier molecular flexibility index (Phi) is 5.84. The first kappa shape index (κ1) is 19.4. The van der Waals surface area contributed by atoms with Gasteiger partial charge in [-0.3, -0.25) is 4.79 Å². The maximum Gasteiger partial charge on any atom is 0.416 e. The average Bonchev–Trinajstić information content (AvgIpc) is 3.37. The van der Waals surface area contributed by atoms with Gasteiger partial charge in [-0.2, -0.15) is 18.3 Å². The van der Waals surface area contributed by atoms with Crippen LogP contribution in [0.5, 0.6) is 0 Å². The summed E-state index contributed by atoms with van der Waals surface area (Å²) in [6.45, 7) is 3.51. The van der Waals surface area contributed by atoms with Crippen molar-refractivity contribution >= 4 is 5.91 Å². The van der Waals surface area contributed by atoms with Gasteiger partial charge in [0.05, 0.1) is 28.7 Å². The number of alkyl halides is 3. The van der Waals surface area contributed by atoms with E-state index in [4.69, 9.17) is 4.74 Å². The third-order valence-corrected chi connectivity index (χ3v) is 4.47. The molecule has 1 aliphatic rings. The molecule has 0 spiro atoms. The summed E-state index contributed by atoms with van der Waals surface area (Å²) < 4.78 is 45.5. The summed E-state index contributed by atoms with van der Waals surface area (Å²) in [6, 6.07) is 4.86. The third kappa shape index (κ3) is 5.09. The lowest BCUT2D eigenvalue weighted by atomic mass is 10.2. The molecule has 1 saturated carbocycles. The van der Waals surface area contributed by atoms with Crippen LogP contribution in [0.25, 0.3) is 5.69 Å². The monoisotopic (exact) mass is 381 g/mol. The molecule has 146 valence electrons. The molecule has 0 aliphatic heterocycles. The molecule has 1 fully saturated rings. The number of carbonyl (C=O) groups excluding carboxylic acids is 1.